The van der Waals surface area contributed by atoms with E-state index in [9.17, 15) is 4.79 Å². The normalized spacial score (nSPS) is 10.4. The van der Waals surface area contributed by atoms with E-state index < -0.39 is 0 Å². The molecule has 1 N–H and O–H groups in total. The molecule has 0 saturated carbocycles. The molecule has 0 radical (unpaired) electrons. The summed E-state index contributed by atoms with van der Waals surface area (Å²) in [5.41, 5.74) is 4.18. The molecule has 1 aromatic heterocycles. The average molecular weight is 359 g/mol. The molecule has 6 heteroatoms. The summed E-state index contributed by atoms with van der Waals surface area (Å²) >= 11 is 7.37. The summed E-state index contributed by atoms with van der Waals surface area (Å²) in [6, 6.07) is 14.5. The molecule has 3 aromatic rings. The molecule has 0 saturated heterocycles. The topological polar surface area (TPSA) is 51.2 Å². The van der Waals surface area contributed by atoms with Gasteiger partial charge in [0.05, 0.1) is 11.2 Å². The molecule has 24 heavy (non-hydrogen) atoms. The zero-order valence-electron chi connectivity index (χ0n) is 12.7. The van der Waals surface area contributed by atoms with Gasteiger partial charge in [0, 0.05) is 22.5 Å². The van der Waals surface area contributed by atoms with Gasteiger partial charge in [-0.3, -0.25) is 4.79 Å². The molecule has 0 fully saturated rings. The minimum absolute atomic E-state index is 0.149. The highest BCUT2D eigenvalue weighted by Gasteiger charge is 2.07. The number of ether oxygens (including phenoxy) is 1. The quantitative estimate of drug-likeness (QED) is 0.714. The van der Waals surface area contributed by atoms with Crippen LogP contribution in [-0.4, -0.2) is 10.9 Å². The predicted octanol–water partition coefficient (Wildman–Crippen LogP) is 4.31. The number of aromatic nitrogens is 1. The van der Waals surface area contributed by atoms with E-state index in [0.29, 0.717) is 29.5 Å². The molecule has 4 nitrogen and oxygen atoms in total. The highest BCUT2D eigenvalue weighted by atomic mass is 35.5. The third-order valence-electron chi connectivity index (χ3n) is 3.33. The maximum Gasteiger partial charge on any atom is 0.251 e. The first kappa shape index (κ1) is 16.5. The van der Waals surface area contributed by atoms with Gasteiger partial charge >= 0.3 is 0 Å². The lowest BCUT2D eigenvalue weighted by Gasteiger charge is -2.08. The van der Waals surface area contributed by atoms with E-state index in [2.05, 4.69) is 10.3 Å². The molecule has 0 atom stereocenters. The first-order chi connectivity index (χ1) is 11.7. The minimum atomic E-state index is -0.149. The summed E-state index contributed by atoms with van der Waals surface area (Å²) in [5.74, 6) is 0.492. The zero-order chi connectivity index (χ0) is 16.8. The second kappa shape index (κ2) is 7.95. The lowest BCUT2D eigenvalue weighted by atomic mass is 10.2. The fraction of sp³-hybridized carbons (Fsp3) is 0.111. The van der Waals surface area contributed by atoms with E-state index in [1.165, 1.54) is 11.3 Å². The third-order valence-corrected chi connectivity index (χ3v) is 4.22. The van der Waals surface area contributed by atoms with Crippen LogP contribution in [-0.2, 0) is 13.2 Å². The van der Waals surface area contributed by atoms with Crippen molar-refractivity contribution in [3.8, 4) is 5.75 Å². The van der Waals surface area contributed by atoms with E-state index in [4.69, 9.17) is 16.3 Å². The van der Waals surface area contributed by atoms with Crippen molar-refractivity contribution in [3.05, 3.63) is 81.3 Å². The van der Waals surface area contributed by atoms with Gasteiger partial charge in [0.25, 0.3) is 5.91 Å². The van der Waals surface area contributed by atoms with Crippen LogP contribution >= 0.6 is 22.9 Å². The first-order valence-electron chi connectivity index (χ1n) is 7.33. The van der Waals surface area contributed by atoms with E-state index in [-0.39, 0.29) is 5.91 Å². The number of halogens is 1. The summed E-state index contributed by atoms with van der Waals surface area (Å²) in [4.78, 5) is 16.4. The number of hydrogen-bond donors (Lipinski definition) is 1. The number of carbonyl (C=O) groups is 1. The Morgan fingerprint density at radius 3 is 2.79 bits per heavy atom. The number of thiazole rings is 1. The molecular formula is C18H15ClN2O2S. The molecule has 2 aromatic carbocycles. The van der Waals surface area contributed by atoms with Crippen LogP contribution in [0, 0.1) is 0 Å². The number of carbonyl (C=O) groups excluding carboxylic acids is 1. The lowest BCUT2D eigenvalue weighted by Crippen LogP contribution is -2.22. The zero-order valence-corrected chi connectivity index (χ0v) is 14.3. The van der Waals surface area contributed by atoms with Gasteiger partial charge in [0.15, 0.2) is 0 Å². The van der Waals surface area contributed by atoms with Gasteiger partial charge in [0.1, 0.15) is 12.4 Å². The van der Waals surface area contributed by atoms with Gasteiger partial charge in [-0.1, -0.05) is 29.8 Å². The van der Waals surface area contributed by atoms with Crippen molar-refractivity contribution in [3.63, 3.8) is 0 Å². The second-order valence-corrected chi connectivity index (χ2v) is 6.26. The molecule has 1 heterocycles. The number of hydrogen-bond acceptors (Lipinski definition) is 4. The van der Waals surface area contributed by atoms with Crippen LogP contribution in [0.3, 0.4) is 0 Å². The Kier molecular flexibility index (Phi) is 5.46. The Labute approximate surface area is 149 Å². The lowest BCUT2D eigenvalue weighted by molar-refractivity contribution is 0.0950. The molecule has 1 amide bonds. The van der Waals surface area contributed by atoms with Crippen LogP contribution in [0.4, 0.5) is 0 Å². The Morgan fingerprint density at radius 1 is 1.21 bits per heavy atom. The Bertz CT molecular complexity index is 804. The molecule has 0 spiro atoms. The highest BCUT2D eigenvalue weighted by molar-refractivity contribution is 7.07. The monoisotopic (exact) mass is 358 g/mol. The van der Waals surface area contributed by atoms with Crippen LogP contribution in [0.25, 0.3) is 0 Å². The summed E-state index contributed by atoms with van der Waals surface area (Å²) in [6.07, 6.45) is 0. The van der Waals surface area contributed by atoms with E-state index in [1.54, 1.807) is 35.8 Å². The van der Waals surface area contributed by atoms with Crippen molar-refractivity contribution < 1.29 is 9.53 Å². The van der Waals surface area contributed by atoms with Crippen molar-refractivity contribution in [2.45, 2.75) is 13.2 Å². The van der Waals surface area contributed by atoms with E-state index in [1.807, 2.05) is 23.6 Å². The summed E-state index contributed by atoms with van der Waals surface area (Å²) in [6.45, 7) is 0.833. The fourth-order valence-electron chi connectivity index (χ4n) is 2.08. The predicted molar refractivity (Wildman–Crippen MR) is 95.5 cm³/mol. The molecule has 0 bridgehead atoms. The summed E-state index contributed by atoms with van der Waals surface area (Å²) < 4.78 is 5.67. The molecule has 0 aliphatic rings. The fourth-order valence-corrected chi connectivity index (χ4v) is 2.75. The molecule has 122 valence electrons. The largest absolute Gasteiger partial charge is 0.487 e. The maximum absolute atomic E-state index is 12.3. The van der Waals surface area contributed by atoms with Gasteiger partial charge in [-0.2, -0.15) is 0 Å². The van der Waals surface area contributed by atoms with Gasteiger partial charge in [0.2, 0.25) is 0 Å². The van der Waals surface area contributed by atoms with Crippen molar-refractivity contribution in [2.24, 2.45) is 0 Å². The number of nitrogens with zero attached hydrogens (tertiary/aromatic N) is 1. The molecule has 3 rings (SSSR count). The third kappa shape index (κ3) is 4.57. The first-order valence-corrected chi connectivity index (χ1v) is 8.65. The molecular weight excluding hydrogens is 344 g/mol. The number of benzene rings is 2. The van der Waals surface area contributed by atoms with E-state index in [0.717, 1.165) is 11.3 Å². The van der Waals surface area contributed by atoms with Crippen molar-refractivity contribution in [1.29, 1.82) is 0 Å². The number of nitrogens with one attached hydrogen (secondary N) is 1. The molecule has 0 unspecified atom stereocenters. The van der Waals surface area contributed by atoms with Crippen molar-refractivity contribution >= 4 is 28.8 Å². The molecule has 0 aliphatic carbocycles. The van der Waals surface area contributed by atoms with Crippen molar-refractivity contribution in [2.75, 3.05) is 0 Å². The van der Waals surface area contributed by atoms with Crippen LogP contribution in [0.1, 0.15) is 21.6 Å². The smallest absolute Gasteiger partial charge is 0.251 e. The van der Waals surface area contributed by atoms with Crippen molar-refractivity contribution in [1.82, 2.24) is 10.3 Å². The number of rotatable bonds is 6. The van der Waals surface area contributed by atoms with Crippen LogP contribution in [0.5, 0.6) is 5.75 Å². The SMILES string of the molecule is O=C(NCc1ccc(Cl)cc1)c1cccc(OCc2cscn2)c1. The minimum Gasteiger partial charge on any atom is -0.487 e. The second-order valence-electron chi connectivity index (χ2n) is 5.11. The van der Waals surface area contributed by atoms with Crippen LogP contribution in [0.15, 0.2) is 59.4 Å². The Morgan fingerprint density at radius 2 is 2.04 bits per heavy atom. The van der Waals surface area contributed by atoms with Gasteiger partial charge < -0.3 is 10.1 Å². The Balaban J connectivity index is 1.58. The summed E-state index contributed by atoms with van der Waals surface area (Å²) in [5, 5.41) is 5.49. The molecule has 0 aliphatic heterocycles. The Hall–Kier alpha value is -2.37. The van der Waals surface area contributed by atoms with Gasteiger partial charge in [-0.15, -0.1) is 11.3 Å². The highest BCUT2D eigenvalue weighted by Crippen LogP contribution is 2.16. The van der Waals surface area contributed by atoms with Crippen LogP contribution in [0.2, 0.25) is 5.02 Å². The summed E-state index contributed by atoms with van der Waals surface area (Å²) in [7, 11) is 0. The van der Waals surface area contributed by atoms with Gasteiger partial charge in [-0.05, 0) is 35.9 Å². The van der Waals surface area contributed by atoms with E-state index >= 15 is 0 Å². The van der Waals surface area contributed by atoms with Gasteiger partial charge in [-0.25, -0.2) is 4.98 Å². The van der Waals surface area contributed by atoms with Crippen LogP contribution < -0.4 is 10.1 Å². The number of amides is 1. The standard InChI is InChI=1S/C18H15ClN2O2S/c19-15-6-4-13(5-7-15)9-20-18(22)14-2-1-3-17(8-14)23-10-16-11-24-12-21-16/h1-8,11-12H,9-10H2,(H,20,22). The maximum atomic E-state index is 12.3. The average Bonchev–Trinajstić information content (AvgIpc) is 3.13.